The number of thiol groups is 1. The lowest BCUT2D eigenvalue weighted by atomic mass is 9.98. The molecule has 0 aliphatic heterocycles. The van der Waals surface area contributed by atoms with Gasteiger partial charge in [-0.3, -0.25) is 0 Å². The molecule has 2 unspecified atom stereocenters. The molecule has 0 amide bonds. The molecule has 0 aromatic heterocycles. The molecule has 2 N–H and O–H groups in total. The summed E-state index contributed by atoms with van der Waals surface area (Å²) in [5.74, 6) is 0.280. The summed E-state index contributed by atoms with van der Waals surface area (Å²) < 4.78 is 37.9. The lowest BCUT2D eigenvalue weighted by Crippen LogP contribution is -2.19. The molecule has 0 bridgehead atoms. The van der Waals surface area contributed by atoms with Crippen molar-refractivity contribution in [3.8, 4) is 6.07 Å². The third-order valence-electron chi connectivity index (χ3n) is 2.54. The number of benzene rings is 1. The van der Waals surface area contributed by atoms with Crippen molar-refractivity contribution in [2.75, 3.05) is 5.75 Å². The Hall–Kier alpha value is -1.23. The molecule has 0 spiro atoms. The first-order chi connectivity index (χ1) is 8.79. The highest BCUT2D eigenvalue weighted by Crippen LogP contribution is 2.32. The first kappa shape index (κ1) is 15.8. The quantitative estimate of drug-likeness (QED) is 0.746. The molecule has 0 fully saturated rings. The standard InChI is InChI=1S/C12H12F3NO2S/c13-12(14,15)9-4-7(6-16)3-8(5-9)11(18)10(17)1-2-19/h3-5,10-11,17-19H,1-2H2. The zero-order chi connectivity index (χ0) is 14.6. The van der Waals surface area contributed by atoms with Gasteiger partial charge >= 0.3 is 6.18 Å². The molecule has 104 valence electrons. The van der Waals surface area contributed by atoms with Crippen molar-refractivity contribution in [2.24, 2.45) is 0 Å². The third kappa shape index (κ3) is 4.13. The molecule has 1 rings (SSSR count). The summed E-state index contributed by atoms with van der Waals surface area (Å²) in [7, 11) is 0. The van der Waals surface area contributed by atoms with E-state index in [9.17, 15) is 23.4 Å². The second-order valence-corrected chi connectivity index (χ2v) is 4.42. The van der Waals surface area contributed by atoms with E-state index in [0.717, 1.165) is 12.1 Å². The Labute approximate surface area is 113 Å². The Morgan fingerprint density at radius 3 is 2.37 bits per heavy atom. The smallest absolute Gasteiger partial charge is 0.390 e. The maximum atomic E-state index is 12.6. The summed E-state index contributed by atoms with van der Waals surface area (Å²) in [6.07, 6.45) is -7.20. The number of nitriles is 1. The van der Waals surface area contributed by atoms with E-state index >= 15 is 0 Å². The van der Waals surface area contributed by atoms with Gasteiger partial charge in [0, 0.05) is 0 Å². The van der Waals surface area contributed by atoms with Gasteiger partial charge in [0.1, 0.15) is 6.10 Å². The Kier molecular flexibility index (Phi) is 5.23. The van der Waals surface area contributed by atoms with Crippen LogP contribution in [0.15, 0.2) is 18.2 Å². The highest BCUT2D eigenvalue weighted by molar-refractivity contribution is 7.80. The Morgan fingerprint density at radius 1 is 1.26 bits per heavy atom. The molecular weight excluding hydrogens is 279 g/mol. The highest BCUT2D eigenvalue weighted by atomic mass is 32.1. The summed E-state index contributed by atoms with van der Waals surface area (Å²) in [5, 5.41) is 28.0. The fourth-order valence-corrected chi connectivity index (χ4v) is 1.83. The number of hydrogen-bond donors (Lipinski definition) is 3. The number of rotatable bonds is 4. The molecule has 2 atom stereocenters. The first-order valence-corrected chi connectivity index (χ1v) is 6.02. The topological polar surface area (TPSA) is 64.2 Å². The predicted molar refractivity (Wildman–Crippen MR) is 65.6 cm³/mol. The molecule has 0 aliphatic carbocycles. The molecule has 0 saturated heterocycles. The van der Waals surface area contributed by atoms with E-state index in [1.807, 2.05) is 0 Å². The second-order valence-electron chi connectivity index (χ2n) is 3.98. The molecule has 19 heavy (non-hydrogen) atoms. The minimum Gasteiger partial charge on any atom is -0.390 e. The van der Waals surface area contributed by atoms with Crippen LogP contribution in [0.1, 0.15) is 29.2 Å². The molecule has 3 nitrogen and oxygen atoms in total. The molecule has 0 saturated carbocycles. The SMILES string of the molecule is N#Cc1cc(C(O)C(O)CCS)cc(C(F)(F)F)c1. The molecular formula is C12H12F3NO2S. The molecule has 1 aromatic carbocycles. The third-order valence-corrected chi connectivity index (χ3v) is 2.80. The average molecular weight is 291 g/mol. The van der Waals surface area contributed by atoms with E-state index in [1.54, 1.807) is 6.07 Å². The normalized spacial score (nSPS) is 14.8. The minimum atomic E-state index is -4.62. The minimum absolute atomic E-state index is 0.127. The summed E-state index contributed by atoms with van der Waals surface area (Å²) in [6.45, 7) is 0. The van der Waals surface area contributed by atoms with Crippen molar-refractivity contribution in [3.05, 3.63) is 34.9 Å². The molecule has 1 aromatic rings. The number of aliphatic hydroxyl groups is 2. The van der Waals surface area contributed by atoms with Crippen LogP contribution in [-0.4, -0.2) is 22.1 Å². The zero-order valence-corrected chi connectivity index (χ0v) is 10.6. The van der Waals surface area contributed by atoms with Gasteiger partial charge in [0.25, 0.3) is 0 Å². The van der Waals surface area contributed by atoms with Crippen LogP contribution in [-0.2, 0) is 6.18 Å². The van der Waals surface area contributed by atoms with Gasteiger partial charge in [-0.2, -0.15) is 31.1 Å². The lowest BCUT2D eigenvalue weighted by molar-refractivity contribution is -0.137. The first-order valence-electron chi connectivity index (χ1n) is 5.39. The van der Waals surface area contributed by atoms with E-state index in [1.165, 1.54) is 0 Å². The van der Waals surface area contributed by atoms with Crippen molar-refractivity contribution in [1.82, 2.24) is 0 Å². The van der Waals surface area contributed by atoms with Gasteiger partial charge in [-0.25, -0.2) is 0 Å². The van der Waals surface area contributed by atoms with Crippen LogP contribution in [0.5, 0.6) is 0 Å². The average Bonchev–Trinajstić information content (AvgIpc) is 2.36. The summed E-state index contributed by atoms with van der Waals surface area (Å²) >= 11 is 3.87. The molecule has 7 heteroatoms. The van der Waals surface area contributed by atoms with E-state index in [4.69, 9.17) is 5.26 Å². The Bertz CT molecular complexity index is 485. The van der Waals surface area contributed by atoms with Crippen LogP contribution in [0.4, 0.5) is 13.2 Å². The lowest BCUT2D eigenvalue weighted by Gasteiger charge is -2.19. The van der Waals surface area contributed by atoms with Crippen molar-refractivity contribution < 1.29 is 23.4 Å². The highest BCUT2D eigenvalue weighted by Gasteiger charge is 2.32. The van der Waals surface area contributed by atoms with Crippen LogP contribution < -0.4 is 0 Å². The van der Waals surface area contributed by atoms with Crippen molar-refractivity contribution in [1.29, 1.82) is 5.26 Å². The van der Waals surface area contributed by atoms with Gasteiger partial charge in [0.15, 0.2) is 0 Å². The van der Waals surface area contributed by atoms with Gasteiger partial charge in [-0.15, -0.1) is 0 Å². The summed E-state index contributed by atoms with van der Waals surface area (Å²) in [6, 6.07) is 4.15. The maximum Gasteiger partial charge on any atom is 0.416 e. The van der Waals surface area contributed by atoms with Crippen LogP contribution in [0, 0.1) is 11.3 Å². The van der Waals surface area contributed by atoms with Gasteiger partial charge in [-0.1, -0.05) is 0 Å². The van der Waals surface area contributed by atoms with Crippen LogP contribution in [0.25, 0.3) is 0 Å². The predicted octanol–water partition coefficient (Wildman–Crippen LogP) is 2.29. The van der Waals surface area contributed by atoms with Crippen molar-refractivity contribution in [2.45, 2.75) is 24.8 Å². The number of aliphatic hydroxyl groups excluding tert-OH is 2. The van der Waals surface area contributed by atoms with Gasteiger partial charge in [0.2, 0.25) is 0 Å². The van der Waals surface area contributed by atoms with E-state index in [-0.39, 0.29) is 23.3 Å². The van der Waals surface area contributed by atoms with Gasteiger partial charge in [0.05, 0.1) is 23.3 Å². The fraction of sp³-hybridized carbons (Fsp3) is 0.417. The molecule has 0 heterocycles. The number of alkyl halides is 3. The second kappa shape index (κ2) is 6.28. The summed E-state index contributed by atoms with van der Waals surface area (Å²) in [5.41, 5.74) is -1.39. The number of hydrogen-bond acceptors (Lipinski definition) is 4. The fourth-order valence-electron chi connectivity index (χ4n) is 1.56. The zero-order valence-electron chi connectivity index (χ0n) is 9.72. The van der Waals surface area contributed by atoms with E-state index in [0.29, 0.717) is 6.07 Å². The monoisotopic (exact) mass is 291 g/mol. The largest absolute Gasteiger partial charge is 0.416 e. The number of nitrogens with zero attached hydrogens (tertiary/aromatic N) is 1. The maximum absolute atomic E-state index is 12.6. The van der Waals surface area contributed by atoms with Gasteiger partial charge in [-0.05, 0) is 35.9 Å². The van der Waals surface area contributed by atoms with Crippen LogP contribution in [0.3, 0.4) is 0 Å². The Morgan fingerprint density at radius 2 is 1.89 bits per heavy atom. The Balaban J connectivity index is 3.18. The molecule has 0 aliphatic rings. The van der Waals surface area contributed by atoms with E-state index in [2.05, 4.69) is 12.6 Å². The van der Waals surface area contributed by atoms with Crippen LogP contribution >= 0.6 is 12.6 Å². The molecule has 0 radical (unpaired) electrons. The number of halogens is 3. The van der Waals surface area contributed by atoms with Gasteiger partial charge < -0.3 is 10.2 Å². The summed E-state index contributed by atoms with van der Waals surface area (Å²) in [4.78, 5) is 0. The van der Waals surface area contributed by atoms with Crippen LogP contribution in [0.2, 0.25) is 0 Å². The van der Waals surface area contributed by atoms with Crippen molar-refractivity contribution in [3.63, 3.8) is 0 Å². The van der Waals surface area contributed by atoms with E-state index < -0.39 is 23.9 Å². The van der Waals surface area contributed by atoms with Crippen molar-refractivity contribution >= 4 is 12.6 Å².